The predicted octanol–water partition coefficient (Wildman–Crippen LogP) is 7.59. The summed E-state index contributed by atoms with van der Waals surface area (Å²) >= 11 is 0. The van der Waals surface area contributed by atoms with Gasteiger partial charge < -0.3 is 4.74 Å². The minimum atomic E-state index is -0.200. The zero-order chi connectivity index (χ0) is 20.3. The van der Waals surface area contributed by atoms with E-state index in [-0.39, 0.29) is 17.8 Å². The van der Waals surface area contributed by atoms with Crippen LogP contribution in [0.5, 0.6) is 0 Å². The molecule has 1 unspecified atom stereocenters. The van der Waals surface area contributed by atoms with Crippen LogP contribution in [0.4, 0.5) is 4.39 Å². The van der Waals surface area contributed by atoms with Crippen LogP contribution in [0, 0.1) is 23.6 Å². The summed E-state index contributed by atoms with van der Waals surface area (Å²) in [5.41, 5.74) is 2.43. The molecule has 0 heterocycles. The second kappa shape index (κ2) is 8.94. The highest BCUT2D eigenvalue weighted by Gasteiger charge is 2.31. The molecule has 0 aromatic heterocycles. The number of ether oxygens (including phenoxy) is 1. The van der Waals surface area contributed by atoms with Gasteiger partial charge in [0.15, 0.2) is 0 Å². The fourth-order valence-electron chi connectivity index (χ4n) is 4.22. The number of halogens is 1. The average molecular weight is 381 g/mol. The highest BCUT2D eigenvalue weighted by molar-refractivity contribution is 5.64. The number of rotatable bonds is 6. The number of benzene rings is 2. The third kappa shape index (κ3) is 4.66. The van der Waals surface area contributed by atoms with E-state index in [4.69, 9.17) is 4.74 Å². The first-order valence-corrected chi connectivity index (χ1v) is 10.6. The molecule has 0 amide bonds. The van der Waals surface area contributed by atoms with Crippen molar-refractivity contribution in [2.24, 2.45) is 17.8 Å². The van der Waals surface area contributed by atoms with Crippen molar-refractivity contribution >= 4 is 0 Å². The quantitative estimate of drug-likeness (QED) is 0.469. The zero-order valence-electron chi connectivity index (χ0n) is 17.6. The molecule has 0 radical (unpaired) electrons. The van der Waals surface area contributed by atoms with Gasteiger partial charge in [-0.1, -0.05) is 76.7 Å². The first kappa shape index (κ1) is 20.6. The van der Waals surface area contributed by atoms with Crippen molar-refractivity contribution in [2.75, 3.05) is 0 Å². The Balaban J connectivity index is 1.70. The smallest absolute Gasteiger partial charge is 0.131 e. The normalized spacial score (nSPS) is 23.4. The summed E-state index contributed by atoms with van der Waals surface area (Å²) in [6.45, 7) is 13.1. The molecule has 2 heteroatoms. The number of allylic oxidation sites excluding steroid dienone is 1. The van der Waals surface area contributed by atoms with Crippen LogP contribution in [-0.2, 0) is 4.74 Å². The third-order valence-electron chi connectivity index (χ3n) is 6.47. The lowest BCUT2D eigenvalue weighted by Gasteiger charge is -2.37. The van der Waals surface area contributed by atoms with Gasteiger partial charge in [-0.3, -0.25) is 0 Å². The summed E-state index contributed by atoms with van der Waals surface area (Å²) in [6, 6.07) is 15.1. The molecule has 0 bridgehead atoms. The SMILES string of the molecule is C=C(O[C@@H]1C[C@@H](C(C)C)CC[C@@H]1C)C(C)c1ccc(-c2ccccc2)c(F)c1. The molecular formula is C26H33FO. The Kier molecular flexibility index (Phi) is 6.59. The lowest BCUT2D eigenvalue weighted by Crippen LogP contribution is -2.32. The Hall–Kier alpha value is -2.09. The van der Waals surface area contributed by atoms with E-state index in [0.717, 1.165) is 23.3 Å². The Bertz CT molecular complexity index is 795. The maximum atomic E-state index is 14.7. The van der Waals surface area contributed by atoms with E-state index >= 15 is 0 Å². The van der Waals surface area contributed by atoms with Crippen LogP contribution >= 0.6 is 0 Å². The summed E-state index contributed by atoms with van der Waals surface area (Å²) in [4.78, 5) is 0. The van der Waals surface area contributed by atoms with Gasteiger partial charge in [-0.15, -0.1) is 0 Å². The summed E-state index contributed by atoms with van der Waals surface area (Å²) in [6.07, 6.45) is 3.79. The molecule has 28 heavy (non-hydrogen) atoms. The standard InChI is InChI=1S/C26H33FO/c1-17(2)22-12-11-18(3)26(16-22)28-20(5)19(4)23-13-14-24(25(27)15-23)21-9-7-6-8-10-21/h6-10,13-15,17-19,22,26H,5,11-12,16H2,1-4H3/t18-,19?,22-,26+/m0/s1. The zero-order valence-corrected chi connectivity index (χ0v) is 17.6. The maximum absolute atomic E-state index is 14.7. The fourth-order valence-corrected chi connectivity index (χ4v) is 4.22. The van der Waals surface area contributed by atoms with Crippen LogP contribution in [0.25, 0.3) is 11.1 Å². The molecule has 0 saturated heterocycles. The minimum Gasteiger partial charge on any atom is -0.494 e. The largest absolute Gasteiger partial charge is 0.494 e. The van der Waals surface area contributed by atoms with E-state index in [1.54, 1.807) is 6.07 Å². The predicted molar refractivity (Wildman–Crippen MR) is 116 cm³/mol. The molecule has 1 aliphatic carbocycles. The molecule has 3 rings (SSSR count). The van der Waals surface area contributed by atoms with E-state index < -0.39 is 0 Å². The summed E-state index contributed by atoms with van der Waals surface area (Å²) in [7, 11) is 0. The second-order valence-corrected chi connectivity index (χ2v) is 8.74. The molecule has 1 aliphatic rings. The van der Waals surface area contributed by atoms with E-state index in [0.29, 0.717) is 23.3 Å². The van der Waals surface area contributed by atoms with Crippen molar-refractivity contribution in [1.29, 1.82) is 0 Å². The van der Waals surface area contributed by atoms with Crippen molar-refractivity contribution in [1.82, 2.24) is 0 Å². The van der Waals surface area contributed by atoms with Crippen LogP contribution in [0.1, 0.15) is 58.4 Å². The molecule has 4 atom stereocenters. The van der Waals surface area contributed by atoms with E-state index in [1.807, 2.05) is 49.4 Å². The molecule has 150 valence electrons. The van der Waals surface area contributed by atoms with Gasteiger partial charge in [-0.25, -0.2) is 4.39 Å². The molecule has 0 aliphatic heterocycles. The molecular weight excluding hydrogens is 347 g/mol. The fraction of sp³-hybridized carbons (Fsp3) is 0.462. The molecule has 2 aromatic rings. The Morgan fingerprint density at radius 3 is 2.43 bits per heavy atom. The van der Waals surface area contributed by atoms with Crippen LogP contribution in [0.3, 0.4) is 0 Å². The van der Waals surface area contributed by atoms with Crippen LogP contribution in [-0.4, -0.2) is 6.10 Å². The molecule has 2 aromatic carbocycles. The molecule has 1 saturated carbocycles. The van der Waals surface area contributed by atoms with E-state index in [2.05, 4.69) is 27.4 Å². The van der Waals surface area contributed by atoms with Gasteiger partial charge in [0, 0.05) is 11.5 Å². The Labute approximate surface area is 169 Å². The first-order chi connectivity index (χ1) is 13.4. The topological polar surface area (TPSA) is 9.23 Å². The first-order valence-electron chi connectivity index (χ1n) is 10.6. The van der Waals surface area contributed by atoms with E-state index in [1.165, 1.54) is 12.8 Å². The van der Waals surface area contributed by atoms with Crippen molar-refractivity contribution < 1.29 is 9.13 Å². The molecule has 1 nitrogen and oxygen atoms in total. The summed E-state index contributed by atoms with van der Waals surface area (Å²) < 4.78 is 21.1. The van der Waals surface area contributed by atoms with Crippen molar-refractivity contribution in [2.45, 2.75) is 59.0 Å². The average Bonchev–Trinajstić information content (AvgIpc) is 2.69. The van der Waals surface area contributed by atoms with Gasteiger partial charge >= 0.3 is 0 Å². The van der Waals surface area contributed by atoms with Crippen molar-refractivity contribution in [3.8, 4) is 11.1 Å². The third-order valence-corrected chi connectivity index (χ3v) is 6.47. The highest BCUT2D eigenvalue weighted by Crippen LogP contribution is 2.37. The van der Waals surface area contributed by atoms with Gasteiger partial charge in [-0.05, 0) is 54.2 Å². The number of hydrogen-bond donors (Lipinski definition) is 0. The van der Waals surface area contributed by atoms with Crippen molar-refractivity contribution in [3.63, 3.8) is 0 Å². The Morgan fingerprint density at radius 2 is 1.79 bits per heavy atom. The highest BCUT2D eigenvalue weighted by atomic mass is 19.1. The molecule has 1 fully saturated rings. The van der Waals surface area contributed by atoms with E-state index in [9.17, 15) is 4.39 Å². The van der Waals surface area contributed by atoms with Gasteiger partial charge in [0.25, 0.3) is 0 Å². The van der Waals surface area contributed by atoms with Crippen LogP contribution in [0.15, 0.2) is 60.9 Å². The maximum Gasteiger partial charge on any atom is 0.131 e. The lowest BCUT2D eigenvalue weighted by molar-refractivity contribution is 0.00683. The van der Waals surface area contributed by atoms with Gasteiger partial charge in [0.1, 0.15) is 11.9 Å². The van der Waals surface area contributed by atoms with Crippen LogP contribution < -0.4 is 0 Å². The lowest BCUT2D eigenvalue weighted by atomic mass is 9.76. The minimum absolute atomic E-state index is 0.0362. The Morgan fingerprint density at radius 1 is 1.07 bits per heavy atom. The molecule has 0 N–H and O–H groups in total. The van der Waals surface area contributed by atoms with Gasteiger partial charge in [0.05, 0.1) is 5.76 Å². The summed E-state index contributed by atoms with van der Waals surface area (Å²) in [5.74, 6) is 2.44. The molecule has 0 spiro atoms. The monoisotopic (exact) mass is 380 g/mol. The van der Waals surface area contributed by atoms with Gasteiger partial charge in [0.2, 0.25) is 0 Å². The van der Waals surface area contributed by atoms with Crippen molar-refractivity contribution in [3.05, 3.63) is 72.2 Å². The van der Waals surface area contributed by atoms with Gasteiger partial charge in [-0.2, -0.15) is 0 Å². The number of hydrogen-bond acceptors (Lipinski definition) is 1. The second-order valence-electron chi connectivity index (χ2n) is 8.74. The summed E-state index contributed by atoms with van der Waals surface area (Å²) in [5, 5.41) is 0. The van der Waals surface area contributed by atoms with Crippen LogP contribution in [0.2, 0.25) is 0 Å².